The number of halogens is 2. The van der Waals surface area contributed by atoms with Crippen LogP contribution in [0.1, 0.15) is 31.9 Å². The fraction of sp³-hybridized carbons (Fsp3) is 0.381. The highest BCUT2D eigenvalue weighted by Gasteiger charge is 2.24. The van der Waals surface area contributed by atoms with Crippen molar-refractivity contribution >= 4 is 40.0 Å². The maximum atomic E-state index is 13.0. The van der Waals surface area contributed by atoms with Crippen LogP contribution in [-0.2, 0) is 23.0 Å². The quantitative estimate of drug-likeness (QED) is 0.282. The van der Waals surface area contributed by atoms with Crippen LogP contribution in [0, 0.1) is 5.82 Å². The predicted molar refractivity (Wildman–Crippen MR) is 130 cm³/mol. The number of aliphatic imine (C=N–C) groups is 1. The van der Waals surface area contributed by atoms with E-state index in [1.165, 1.54) is 12.1 Å². The van der Waals surface area contributed by atoms with Crippen LogP contribution in [0.5, 0.6) is 0 Å². The van der Waals surface area contributed by atoms with Crippen LogP contribution in [0.4, 0.5) is 4.39 Å². The largest absolute Gasteiger partial charge is 0.356 e. The molecule has 2 rings (SSSR count). The third-order valence-corrected chi connectivity index (χ3v) is 5.85. The smallest absolute Gasteiger partial charge is 0.241 e. The van der Waals surface area contributed by atoms with Crippen LogP contribution in [0.15, 0.2) is 58.4 Å². The number of guanidine groups is 1. The van der Waals surface area contributed by atoms with Crippen molar-refractivity contribution in [2.24, 2.45) is 4.99 Å². The molecule has 0 amide bonds. The van der Waals surface area contributed by atoms with Gasteiger partial charge in [-0.3, -0.25) is 4.99 Å². The van der Waals surface area contributed by atoms with E-state index in [0.29, 0.717) is 31.0 Å². The lowest BCUT2D eigenvalue weighted by Gasteiger charge is -2.22. The molecule has 0 bridgehead atoms. The Bertz CT molecular complexity index is 942. The number of sulfonamides is 1. The molecule has 0 saturated heterocycles. The SMILES string of the molecule is CN=C(NCCc1ccc(F)cc1)NCc1ccccc1S(=O)(=O)NC(C)(C)C.I. The van der Waals surface area contributed by atoms with Gasteiger partial charge in [-0.15, -0.1) is 24.0 Å². The van der Waals surface area contributed by atoms with Crippen LogP contribution in [-0.4, -0.2) is 33.5 Å². The third kappa shape index (κ3) is 8.57. The zero-order valence-corrected chi connectivity index (χ0v) is 20.8. The number of hydrogen-bond donors (Lipinski definition) is 3. The number of hydrogen-bond acceptors (Lipinski definition) is 3. The summed E-state index contributed by atoms with van der Waals surface area (Å²) in [6, 6.07) is 13.2. The second kappa shape index (κ2) is 11.6. The first-order chi connectivity index (χ1) is 13.6. The molecule has 0 fully saturated rings. The van der Waals surface area contributed by atoms with Gasteiger partial charge < -0.3 is 10.6 Å². The first-order valence-electron chi connectivity index (χ1n) is 9.41. The maximum Gasteiger partial charge on any atom is 0.241 e. The molecule has 0 atom stereocenters. The Morgan fingerprint density at radius 1 is 1.03 bits per heavy atom. The molecule has 0 aliphatic heterocycles. The van der Waals surface area contributed by atoms with E-state index in [-0.39, 0.29) is 34.7 Å². The Labute approximate surface area is 195 Å². The number of nitrogens with one attached hydrogen (secondary N) is 3. The van der Waals surface area contributed by atoms with Crippen LogP contribution >= 0.6 is 24.0 Å². The van der Waals surface area contributed by atoms with Gasteiger partial charge in [0.2, 0.25) is 10.0 Å². The Morgan fingerprint density at radius 3 is 2.27 bits per heavy atom. The van der Waals surface area contributed by atoms with Gasteiger partial charge in [0.25, 0.3) is 0 Å². The van der Waals surface area contributed by atoms with Gasteiger partial charge in [0.15, 0.2) is 5.96 Å². The van der Waals surface area contributed by atoms with E-state index in [2.05, 4.69) is 20.3 Å². The van der Waals surface area contributed by atoms with Crippen molar-refractivity contribution in [2.45, 2.75) is 44.2 Å². The predicted octanol–water partition coefficient (Wildman–Crippen LogP) is 3.43. The minimum Gasteiger partial charge on any atom is -0.356 e. The van der Waals surface area contributed by atoms with E-state index in [0.717, 1.165) is 5.56 Å². The molecule has 0 unspecified atom stereocenters. The molecule has 2 aromatic carbocycles. The van der Waals surface area contributed by atoms with Gasteiger partial charge in [0, 0.05) is 25.7 Å². The van der Waals surface area contributed by atoms with Gasteiger partial charge in [-0.25, -0.2) is 17.5 Å². The standard InChI is InChI=1S/C21H29FN4O2S.HI/c1-21(2,3)26-29(27,28)19-8-6-5-7-17(19)15-25-20(23-4)24-14-13-16-9-11-18(22)12-10-16;/h5-12,26H,13-15H2,1-4H3,(H2,23,24,25);1H. The monoisotopic (exact) mass is 548 g/mol. The first kappa shape index (κ1) is 26.3. The summed E-state index contributed by atoms with van der Waals surface area (Å²) in [6.45, 7) is 6.32. The van der Waals surface area contributed by atoms with Crippen molar-refractivity contribution in [3.63, 3.8) is 0 Å². The van der Waals surface area contributed by atoms with Gasteiger partial charge >= 0.3 is 0 Å². The van der Waals surface area contributed by atoms with E-state index in [4.69, 9.17) is 0 Å². The first-order valence-corrected chi connectivity index (χ1v) is 10.9. The van der Waals surface area contributed by atoms with Crippen LogP contribution in [0.25, 0.3) is 0 Å². The summed E-state index contributed by atoms with van der Waals surface area (Å²) in [6.07, 6.45) is 0.710. The summed E-state index contributed by atoms with van der Waals surface area (Å²) in [5.74, 6) is 0.303. The topological polar surface area (TPSA) is 82.6 Å². The number of benzene rings is 2. The average molecular weight is 548 g/mol. The molecule has 3 N–H and O–H groups in total. The van der Waals surface area contributed by atoms with Crippen LogP contribution in [0.2, 0.25) is 0 Å². The van der Waals surface area contributed by atoms with Gasteiger partial charge in [-0.05, 0) is 56.5 Å². The van der Waals surface area contributed by atoms with Crippen LogP contribution in [0.3, 0.4) is 0 Å². The van der Waals surface area contributed by atoms with Crippen molar-refractivity contribution in [1.29, 1.82) is 0 Å². The van der Waals surface area contributed by atoms with Crippen LogP contribution < -0.4 is 15.4 Å². The van der Waals surface area contributed by atoms with E-state index in [9.17, 15) is 12.8 Å². The molecule has 0 heterocycles. The Hall–Kier alpha value is -1.72. The average Bonchev–Trinajstić information content (AvgIpc) is 2.64. The highest BCUT2D eigenvalue weighted by atomic mass is 127. The van der Waals surface area contributed by atoms with Gasteiger partial charge in [-0.1, -0.05) is 30.3 Å². The molecule has 2 aromatic rings. The molecule has 166 valence electrons. The highest BCUT2D eigenvalue weighted by Crippen LogP contribution is 2.17. The lowest BCUT2D eigenvalue weighted by molar-refractivity contribution is 0.491. The van der Waals surface area contributed by atoms with Gasteiger partial charge in [0.05, 0.1) is 4.90 Å². The Balaban J connectivity index is 0.00000450. The van der Waals surface area contributed by atoms with E-state index >= 15 is 0 Å². The molecule has 30 heavy (non-hydrogen) atoms. The van der Waals surface area contributed by atoms with Crippen molar-refractivity contribution in [3.8, 4) is 0 Å². The normalized spacial score (nSPS) is 12.2. The molecule has 0 saturated carbocycles. The fourth-order valence-electron chi connectivity index (χ4n) is 2.75. The summed E-state index contributed by atoms with van der Waals surface area (Å²) < 4.78 is 41.1. The zero-order chi connectivity index (χ0) is 21.5. The summed E-state index contributed by atoms with van der Waals surface area (Å²) in [4.78, 5) is 4.41. The van der Waals surface area contributed by atoms with Crippen molar-refractivity contribution in [2.75, 3.05) is 13.6 Å². The molecular formula is C21H30FIN4O2S. The minimum absolute atomic E-state index is 0. The van der Waals surface area contributed by atoms with Crippen molar-refractivity contribution in [1.82, 2.24) is 15.4 Å². The van der Waals surface area contributed by atoms with Gasteiger partial charge in [-0.2, -0.15) is 0 Å². The summed E-state index contributed by atoms with van der Waals surface area (Å²) >= 11 is 0. The number of rotatable bonds is 7. The molecule has 0 radical (unpaired) electrons. The summed E-state index contributed by atoms with van der Waals surface area (Å²) in [5.41, 5.74) is 1.09. The van der Waals surface area contributed by atoms with Crippen molar-refractivity contribution in [3.05, 3.63) is 65.5 Å². The third-order valence-electron chi connectivity index (χ3n) is 3.99. The zero-order valence-electron chi connectivity index (χ0n) is 17.7. The molecule has 0 aliphatic rings. The highest BCUT2D eigenvalue weighted by molar-refractivity contribution is 14.0. The minimum atomic E-state index is -3.64. The second-order valence-electron chi connectivity index (χ2n) is 7.69. The molecule has 6 nitrogen and oxygen atoms in total. The molecule has 0 spiro atoms. The van der Waals surface area contributed by atoms with Gasteiger partial charge in [0.1, 0.15) is 5.82 Å². The van der Waals surface area contributed by atoms with E-state index in [1.807, 2.05) is 0 Å². The lowest BCUT2D eigenvalue weighted by Crippen LogP contribution is -2.41. The Kier molecular flexibility index (Phi) is 10.2. The fourth-order valence-corrected chi connectivity index (χ4v) is 4.41. The summed E-state index contributed by atoms with van der Waals surface area (Å²) in [5, 5.41) is 6.32. The Morgan fingerprint density at radius 2 is 1.67 bits per heavy atom. The molecule has 0 aliphatic carbocycles. The second-order valence-corrected chi connectivity index (χ2v) is 9.34. The lowest BCUT2D eigenvalue weighted by atomic mass is 10.1. The molecule has 0 aromatic heterocycles. The number of nitrogens with zero attached hydrogens (tertiary/aromatic N) is 1. The maximum absolute atomic E-state index is 13.0. The molecular weight excluding hydrogens is 518 g/mol. The van der Waals surface area contributed by atoms with E-state index < -0.39 is 15.6 Å². The summed E-state index contributed by atoms with van der Waals surface area (Å²) in [7, 11) is -1.99. The van der Waals surface area contributed by atoms with Crippen molar-refractivity contribution < 1.29 is 12.8 Å². The van der Waals surface area contributed by atoms with E-state index in [1.54, 1.807) is 64.2 Å². The molecule has 9 heteroatoms.